The van der Waals surface area contributed by atoms with Gasteiger partial charge in [-0.05, 0) is 42.3 Å². The van der Waals surface area contributed by atoms with Crippen molar-refractivity contribution in [2.45, 2.75) is 12.0 Å². The van der Waals surface area contributed by atoms with E-state index in [1.54, 1.807) is 18.2 Å². The van der Waals surface area contributed by atoms with Crippen molar-refractivity contribution in [3.63, 3.8) is 0 Å². The molecule has 0 bridgehead atoms. The smallest absolute Gasteiger partial charge is 0.198 e. The number of fused-ring (bicyclic) bond motifs is 5. The number of H-pyrrole nitrogens is 1. The number of nitrogens with one attached hydrogen (secondary N) is 1. The molecule has 33 heavy (non-hydrogen) atoms. The minimum Gasteiger partial charge on any atom is -0.507 e. The molecule has 0 spiro atoms. The molecule has 2 N–H and O–H groups in total. The molecule has 162 valence electrons. The molecule has 0 fully saturated rings. The van der Waals surface area contributed by atoms with Crippen molar-refractivity contribution in [2.24, 2.45) is 0 Å². The van der Waals surface area contributed by atoms with Crippen LogP contribution >= 0.6 is 0 Å². The van der Waals surface area contributed by atoms with E-state index in [1.807, 2.05) is 18.2 Å². The minimum atomic E-state index is -1.39. The van der Waals surface area contributed by atoms with Gasteiger partial charge in [0.05, 0.1) is 18.4 Å². The Bertz CT molecular complexity index is 1400. The number of aromatic nitrogens is 1. The van der Waals surface area contributed by atoms with E-state index in [-0.39, 0.29) is 22.5 Å². The van der Waals surface area contributed by atoms with Crippen molar-refractivity contribution >= 4 is 42.6 Å². The summed E-state index contributed by atoms with van der Waals surface area (Å²) in [4.78, 5) is 43.1. The SMILES string of the molecule is [B]c1ccc(O)c(C(=O)C2=CN3CCc4c([nH]c5ccc(OC)cc45)C3(C=O)C(C=O)=C2)c1. The number of hydrogen-bond acceptors (Lipinski definition) is 6. The number of nitrogens with zero attached hydrogens (tertiary/aromatic N) is 1. The summed E-state index contributed by atoms with van der Waals surface area (Å²) in [5.41, 5.74) is 1.62. The fourth-order valence-electron chi connectivity index (χ4n) is 4.78. The van der Waals surface area contributed by atoms with Crippen LogP contribution in [-0.2, 0) is 21.5 Å². The van der Waals surface area contributed by atoms with E-state index in [0.29, 0.717) is 36.2 Å². The number of phenolic OH excluding ortho intramolecular Hbond substituents is 1. The second-order valence-electron chi connectivity index (χ2n) is 8.13. The summed E-state index contributed by atoms with van der Waals surface area (Å²) in [5, 5.41) is 11.1. The van der Waals surface area contributed by atoms with Crippen molar-refractivity contribution in [3.8, 4) is 11.5 Å². The fraction of sp³-hybridized carbons (Fsp3) is 0.160. The Morgan fingerprint density at radius 3 is 2.79 bits per heavy atom. The maximum atomic E-state index is 13.2. The highest BCUT2D eigenvalue weighted by atomic mass is 16.5. The number of ketones is 1. The number of ether oxygens (including phenoxy) is 1. The average Bonchev–Trinajstić information content (AvgIpc) is 3.22. The van der Waals surface area contributed by atoms with Gasteiger partial charge in [0.15, 0.2) is 17.6 Å². The van der Waals surface area contributed by atoms with Crippen LogP contribution in [0, 0.1) is 0 Å². The van der Waals surface area contributed by atoms with Crippen LogP contribution in [0.15, 0.2) is 59.8 Å². The highest BCUT2D eigenvalue weighted by molar-refractivity contribution is 6.33. The van der Waals surface area contributed by atoms with Crippen molar-refractivity contribution in [3.05, 3.63) is 76.6 Å². The highest BCUT2D eigenvalue weighted by Gasteiger charge is 2.49. The van der Waals surface area contributed by atoms with Crippen LogP contribution in [0.25, 0.3) is 10.9 Å². The summed E-state index contributed by atoms with van der Waals surface area (Å²) in [6.07, 6.45) is 4.90. The lowest BCUT2D eigenvalue weighted by Crippen LogP contribution is -2.52. The first kappa shape index (κ1) is 20.8. The number of carbonyl (C=O) groups excluding carboxylic acids is 3. The zero-order chi connectivity index (χ0) is 23.3. The molecule has 3 aromatic rings. The molecule has 0 amide bonds. The molecule has 0 aliphatic carbocycles. The van der Waals surface area contributed by atoms with E-state index in [1.165, 1.54) is 24.3 Å². The van der Waals surface area contributed by atoms with E-state index in [9.17, 15) is 19.5 Å². The summed E-state index contributed by atoms with van der Waals surface area (Å²) in [6, 6.07) is 9.81. The van der Waals surface area contributed by atoms with Gasteiger partial charge in [0, 0.05) is 34.8 Å². The summed E-state index contributed by atoms with van der Waals surface area (Å²) in [7, 11) is 7.37. The van der Waals surface area contributed by atoms with Crippen LogP contribution in [0.1, 0.15) is 21.6 Å². The molecule has 1 aromatic heterocycles. The molecule has 8 heteroatoms. The van der Waals surface area contributed by atoms with Gasteiger partial charge in [-0.3, -0.25) is 14.4 Å². The Labute approximate surface area is 190 Å². The van der Waals surface area contributed by atoms with Gasteiger partial charge in [0.2, 0.25) is 0 Å². The predicted octanol–water partition coefficient (Wildman–Crippen LogP) is 1.83. The fourth-order valence-corrected chi connectivity index (χ4v) is 4.78. The molecule has 5 rings (SSSR count). The number of aromatic amines is 1. The number of aldehydes is 2. The Kier molecular flexibility index (Phi) is 4.74. The van der Waals surface area contributed by atoms with Gasteiger partial charge in [-0.1, -0.05) is 17.6 Å². The first-order valence-corrected chi connectivity index (χ1v) is 10.4. The molecule has 1 unspecified atom stereocenters. The molecule has 2 aliphatic rings. The highest BCUT2D eigenvalue weighted by Crippen LogP contribution is 2.45. The normalized spacial score (nSPS) is 19.2. The van der Waals surface area contributed by atoms with Crippen molar-refractivity contribution in [1.82, 2.24) is 9.88 Å². The third-order valence-corrected chi connectivity index (χ3v) is 6.42. The zero-order valence-corrected chi connectivity index (χ0v) is 17.8. The Morgan fingerprint density at radius 1 is 1.24 bits per heavy atom. The van der Waals surface area contributed by atoms with Crippen LogP contribution in [-0.4, -0.2) is 54.8 Å². The molecule has 2 radical (unpaired) electrons. The van der Waals surface area contributed by atoms with E-state index in [4.69, 9.17) is 12.6 Å². The predicted molar refractivity (Wildman–Crippen MR) is 123 cm³/mol. The van der Waals surface area contributed by atoms with Crippen LogP contribution in [0.2, 0.25) is 0 Å². The summed E-state index contributed by atoms with van der Waals surface area (Å²) >= 11 is 0. The maximum Gasteiger partial charge on any atom is 0.198 e. The van der Waals surface area contributed by atoms with Crippen LogP contribution in [0.4, 0.5) is 0 Å². The van der Waals surface area contributed by atoms with Crippen LogP contribution in [0.3, 0.4) is 0 Å². The number of rotatable bonds is 5. The summed E-state index contributed by atoms with van der Waals surface area (Å²) in [6.45, 7) is 0.404. The van der Waals surface area contributed by atoms with E-state index >= 15 is 0 Å². The number of hydrogen-bond donors (Lipinski definition) is 2. The number of benzene rings is 2. The molecule has 0 saturated carbocycles. The number of allylic oxidation sites excluding steroid dienone is 2. The third-order valence-electron chi connectivity index (χ3n) is 6.42. The first-order chi connectivity index (χ1) is 15.9. The van der Waals surface area contributed by atoms with Gasteiger partial charge in [0.1, 0.15) is 25.6 Å². The largest absolute Gasteiger partial charge is 0.507 e. The molecule has 1 atom stereocenters. The molecule has 7 nitrogen and oxygen atoms in total. The lowest BCUT2D eigenvalue weighted by molar-refractivity contribution is -0.118. The van der Waals surface area contributed by atoms with E-state index in [0.717, 1.165) is 22.8 Å². The van der Waals surface area contributed by atoms with Gasteiger partial charge in [-0.2, -0.15) is 0 Å². The molecule has 0 saturated heterocycles. The van der Waals surface area contributed by atoms with Crippen molar-refractivity contribution < 1.29 is 24.2 Å². The number of Topliss-reactive ketones (excluding diaryl/α,β-unsaturated/α-hetero) is 1. The van der Waals surface area contributed by atoms with Gasteiger partial charge in [0.25, 0.3) is 0 Å². The van der Waals surface area contributed by atoms with Gasteiger partial charge < -0.3 is 19.7 Å². The zero-order valence-electron chi connectivity index (χ0n) is 17.8. The van der Waals surface area contributed by atoms with Crippen LogP contribution < -0.4 is 10.2 Å². The number of carbonyl (C=O) groups is 3. The molecule has 3 heterocycles. The summed E-state index contributed by atoms with van der Waals surface area (Å²) < 4.78 is 5.35. The Balaban J connectivity index is 1.67. The van der Waals surface area contributed by atoms with Gasteiger partial charge in [-0.25, -0.2) is 0 Å². The quantitative estimate of drug-likeness (QED) is 0.358. The lowest BCUT2D eigenvalue weighted by atomic mass is 9.77. The maximum absolute atomic E-state index is 13.2. The lowest BCUT2D eigenvalue weighted by Gasteiger charge is -2.45. The van der Waals surface area contributed by atoms with Crippen molar-refractivity contribution in [1.29, 1.82) is 0 Å². The Morgan fingerprint density at radius 2 is 2.06 bits per heavy atom. The van der Waals surface area contributed by atoms with Crippen molar-refractivity contribution in [2.75, 3.05) is 13.7 Å². The second-order valence-corrected chi connectivity index (χ2v) is 8.13. The molecular weight excluding hydrogens is 419 g/mol. The standard InChI is InChI=1S/C25H19BN2O5/c1-33-17-3-4-21-19(10-17)18-6-7-28-11-14(23(32)20-9-16(26)2-5-22(20)31)8-15(12-29)25(28,13-30)24(18)27-21/h2-5,8-13,27,31H,6-7H2,1H3. The minimum absolute atomic E-state index is 0.0248. The number of phenols is 1. The molecule has 2 aliphatic heterocycles. The number of aromatic hydroxyl groups is 1. The molecule has 2 aromatic carbocycles. The van der Waals surface area contributed by atoms with Gasteiger partial charge in [-0.15, -0.1) is 0 Å². The van der Waals surface area contributed by atoms with Gasteiger partial charge >= 0.3 is 0 Å². The monoisotopic (exact) mass is 438 g/mol. The summed E-state index contributed by atoms with van der Waals surface area (Å²) in [5.74, 6) is -0.0175. The topological polar surface area (TPSA) is 99.7 Å². The van der Waals surface area contributed by atoms with E-state index in [2.05, 4.69) is 4.98 Å². The molecular formula is C25H19BN2O5. The Hall–Kier alpha value is -4.07. The second kappa shape index (κ2) is 7.51. The number of methoxy groups -OCH3 is 1. The third kappa shape index (κ3) is 2.94. The first-order valence-electron chi connectivity index (χ1n) is 10.4. The average molecular weight is 438 g/mol. The van der Waals surface area contributed by atoms with Crippen LogP contribution in [0.5, 0.6) is 11.5 Å². The van der Waals surface area contributed by atoms with E-state index < -0.39 is 11.3 Å².